The van der Waals surface area contributed by atoms with Gasteiger partial charge in [0.25, 0.3) is 5.91 Å². The highest BCUT2D eigenvalue weighted by atomic mass is 35.5. The van der Waals surface area contributed by atoms with Crippen molar-refractivity contribution in [2.24, 2.45) is 0 Å². The molecule has 2 aliphatic heterocycles. The van der Waals surface area contributed by atoms with E-state index in [1.807, 2.05) is 0 Å². The van der Waals surface area contributed by atoms with Gasteiger partial charge in [-0.05, 0) is 36.4 Å². The second kappa shape index (κ2) is 9.18. The third-order valence-electron chi connectivity index (χ3n) is 5.86. The van der Waals surface area contributed by atoms with Crippen molar-refractivity contribution in [1.29, 1.82) is 0 Å². The van der Waals surface area contributed by atoms with E-state index in [1.54, 1.807) is 21.9 Å². The quantitative estimate of drug-likeness (QED) is 0.622. The van der Waals surface area contributed by atoms with E-state index in [0.29, 0.717) is 36.9 Å². The monoisotopic (exact) mass is 517 g/mol. The van der Waals surface area contributed by atoms with E-state index in [4.69, 9.17) is 16.3 Å². The van der Waals surface area contributed by atoms with Crippen LogP contribution in [0.3, 0.4) is 0 Å². The molecule has 0 aromatic heterocycles. The van der Waals surface area contributed by atoms with Gasteiger partial charge in [0.05, 0.1) is 17.5 Å². The van der Waals surface area contributed by atoms with Gasteiger partial charge in [0.1, 0.15) is 5.75 Å². The van der Waals surface area contributed by atoms with E-state index >= 15 is 0 Å². The van der Waals surface area contributed by atoms with Gasteiger partial charge >= 0.3 is 6.18 Å². The third-order valence-corrected chi connectivity index (χ3v) is 7.27. The van der Waals surface area contributed by atoms with Crippen molar-refractivity contribution in [3.63, 3.8) is 0 Å². The van der Waals surface area contributed by atoms with Gasteiger partial charge in [0, 0.05) is 49.9 Å². The van der Waals surface area contributed by atoms with E-state index in [9.17, 15) is 26.4 Å². The fourth-order valence-corrected chi connectivity index (χ4v) is 5.24. The Kier molecular flexibility index (Phi) is 6.61. The lowest BCUT2D eigenvalue weighted by atomic mass is 10.1. The van der Waals surface area contributed by atoms with Crippen molar-refractivity contribution >= 4 is 38.9 Å². The molecule has 184 valence electrons. The summed E-state index contributed by atoms with van der Waals surface area (Å²) in [5.74, 6) is -0.0479. The van der Waals surface area contributed by atoms with Crippen LogP contribution in [0, 0.1) is 0 Å². The van der Waals surface area contributed by atoms with Gasteiger partial charge in [-0.2, -0.15) is 13.2 Å². The average Bonchev–Trinajstić information content (AvgIpc) is 2.97. The molecule has 0 N–H and O–H groups in total. The fourth-order valence-electron chi connectivity index (χ4n) is 4.14. The van der Waals surface area contributed by atoms with Crippen LogP contribution in [-0.2, 0) is 21.0 Å². The molecule has 12 heteroatoms. The molecule has 1 saturated heterocycles. The molecule has 0 radical (unpaired) electrons. The minimum atomic E-state index is -4.43. The Hall–Kier alpha value is -2.66. The molecular formula is C22H23ClF3N3O4S. The standard InChI is InChI=1S/C22H23ClF3N3O4S/c1-34(31,32)29-8-7-20(33-19-6-5-16(23)14-18(19)29)21(30)28-11-9-27(10-12-28)17-4-2-3-15(13-17)22(24,25)26/h2-6,13-14,20H,7-12H2,1H3. The van der Waals surface area contributed by atoms with Crippen molar-refractivity contribution in [3.8, 4) is 5.75 Å². The van der Waals surface area contributed by atoms with Gasteiger partial charge in [-0.15, -0.1) is 0 Å². The first-order valence-corrected chi connectivity index (χ1v) is 12.8. The maximum absolute atomic E-state index is 13.2. The molecule has 1 fully saturated rings. The number of rotatable bonds is 3. The molecular weight excluding hydrogens is 495 g/mol. The number of alkyl halides is 3. The molecule has 4 rings (SSSR count). The summed E-state index contributed by atoms with van der Waals surface area (Å²) < 4.78 is 70.8. The molecule has 2 heterocycles. The molecule has 34 heavy (non-hydrogen) atoms. The molecule has 1 amide bonds. The Morgan fingerprint density at radius 1 is 1.06 bits per heavy atom. The van der Waals surface area contributed by atoms with Crippen LogP contribution >= 0.6 is 11.6 Å². The maximum Gasteiger partial charge on any atom is 0.416 e. The smallest absolute Gasteiger partial charge is 0.416 e. The predicted octanol–water partition coefficient (Wildman–Crippen LogP) is 3.62. The summed E-state index contributed by atoms with van der Waals surface area (Å²) in [6.07, 6.45) is -4.10. The van der Waals surface area contributed by atoms with Gasteiger partial charge in [-0.3, -0.25) is 9.10 Å². The number of piperazine rings is 1. The lowest BCUT2D eigenvalue weighted by Crippen LogP contribution is -2.52. The lowest BCUT2D eigenvalue weighted by molar-refractivity contribution is -0.139. The Morgan fingerprint density at radius 2 is 1.76 bits per heavy atom. The Labute approximate surface area is 200 Å². The minimum Gasteiger partial charge on any atom is -0.478 e. The largest absolute Gasteiger partial charge is 0.478 e. The van der Waals surface area contributed by atoms with Crippen LogP contribution < -0.4 is 13.9 Å². The lowest BCUT2D eigenvalue weighted by Gasteiger charge is -2.37. The molecule has 7 nitrogen and oxygen atoms in total. The summed E-state index contributed by atoms with van der Waals surface area (Å²) in [4.78, 5) is 16.6. The third kappa shape index (κ3) is 5.20. The number of ether oxygens (including phenoxy) is 1. The van der Waals surface area contributed by atoms with Crippen molar-refractivity contribution in [1.82, 2.24) is 4.90 Å². The molecule has 1 atom stereocenters. The molecule has 2 aromatic rings. The number of carbonyl (C=O) groups excluding carboxylic acids is 1. The number of hydrogen-bond donors (Lipinski definition) is 0. The van der Waals surface area contributed by atoms with Crippen molar-refractivity contribution in [3.05, 3.63) is 53.1 Å². The number of sulfonamides is 1. The number of nitrogens with zero attached hydrogens (tertiary/aromatic N) is 3. The van der Waals surface area contributed by atoms with Gasteiger partial charge in [0.15, 0.2) is 6.10 Å². The van der Waals surface area contributed by atoms with E-state index in [-0.39, 0.29) is 30.3 Å². The fraction of sp³-hybridized carbons (Fsp3) is 0.409. The maximum atomic E-state index is 13.2. The van der Waals surface area contributed by atoms with Gasteiger partial charge in [-0.25, -0.2) is 8.42 Å². The SMILES string of the molecule is CS(=O)(=O)N1CCC(C(=O)N2CCN(c3cccc(C(F)(F)F)c3)CC2)Oc2ccc(Cl)cc21. The number of hydrogen-bond acceptors (Lipinski definition) is 5. The van der Waals surface area contributed by atoms with Crippen LogP contribution in [0.5, 0.6) is 5.75 Å². The van der Waals surface area contributed by atoms with E-state index in [1.165, 1.54) is 22.5 Å². The second-order valence-corrected chi connectivity index (χ2v) is 10.5. The van der Waals surface area contributed by atoms with Crippen LogP contribution in [0.2, 0.25) is 5.02 Å². The van der Waals surface area contributed by atoms with E-state index in [2.05, 4.69) is 0 Å². The zero-order chi connectivity index (χ0) is 24.7. The molecule has 1 unspecified atom stereocenters. The molecule has 2 aromatic carbocycles. The number of anilines is 2. The number of fused-ring (bicyclic) bond motifs is 1. The van der Waals surface area contributed by atoms with Gasteiger partial charge in [-0.1, -0.05) is 17.7 Å². The number of benzene rings is 2. The Balaban J connectivity index is 1.46. The highest BCUT2D eigenvalue weighted by Crippen LogP contribution is 2.37. The summed E-state index contributed by atoms with van der Waals surface area (Å²) in [5.41, 5.74) is 0.00599. The summed E-state index contributed by atoms with van der Waals surface area (Å²) in [5, 5.41) is 0.339. The predicted molar refractivity (Wildman–Crippen MR) is 123 cm³/mol. The zero-order valence-electron chi connectivity index (χ0n) is 18.3. The second-order valence-electron chi connectivity index (χ2n) is 8.20. The van der Waals surface area contributed by atoms with E-state index < -0.39 is 27.9 Å². The van der Waals surface area contributed by atoms with Gasteiger partial charge < -0.3 is 14.5 Å². The van der Waals surface area contributed by atoms with Crippen LogP contribution in [-0.4, -0.2) is 64.3 Å². The first kappa shape index (κ1) is 24.5. The molecule has 0 bridgehead atoms. The van der Waals surface area contributed by atoms with E-state index in [0.717, 1.165) is 18.4 Å². The molecule has 2 aliphatic rings. The summed E-state index contributed by atoms with van der Waals surface area (Å²) in [6, 6.07) is 9.69. The summed E-state index contributed by atoms with van der Waals surface area (Å²) in [6.45, 7) is 1.38. The Bertz CT molecular complexity index is 1180. The summed E-state index contributed by atoms with van der Waals surface area (Å²) in [7, 11) is -3.62. The molecule has 0 spiro atoms. The number of carbonyl (C=O) groups is 1. The first-order valence-electron chi connectivity index (χ1n) is 10.6. The topological polar surface area (TPSA) is 70.2 Å². The summed E-state index contributed by atoms with van der Waals surface area (Å²) >= 11 is 6.05. The molecule has 0 aliphatic carbocycles. The number of amides is 1. The van der Waals surface area contributed by atoms with Crippen LogP contribution in [0.15, 0.2) is 42.5 Å². The van der Waals surface area contributed by atoms with Crippen molar-refractivity contribution in [2.75, 3.05) is 48.2 Å². The normalized spacial score (nSPS) is 19.3. The van der Waals surface area contributed by atoms with Gasteiger partial charge in [0.2, 0.25) is 10.0 Å². The zero-order valence-corrected chi connectivity index (χ0v) is 19.8. The van der Waals surface area contributed by atoms with Crippen LogP contribution in [0.1, 0.15) is 12.0 Å². The van der Waals surface area contributed by atoms with Crippen molar-refractivity contribution in [2.45, 2.75) is 18.7 Å². The van der Waals surface area contributed by atoms with Crippen molar-refractivity contribution < 1.29 is 31.1 Å². The number of halogens is 4. The van der Waals surface area contributed by atoms with Crippen LogP contribution in [0.4, 0.5) is 24.5 Å². The molecule has 0 saturated carbocycles. The minimum absolute atomic E-state index is 0.0484. The van der Waals surface area contributed by atoms with Crippen LogP contribution in [0.25, 0.3) is 0 Å². The Morgan fingerprint density at radius 3 is 2.41 bits per heavy atom. The highest BCUT2D eigenvalue weighted by molar-refractivity contribution is 7.92. The average molecular weight is 518 g/mol. The first-order chi connectivity index (χ1) is 15.9. The highest BCUT2D eigenvalue weighted by Gasteiger charge is 2.35.